The summed E-state index contributed by atoms with van der Waals surface area (Å²) in [6.45, 7) is 3.65. The van der Waals surface area contributed by atoms with Gasteiger partial charge in [0, 0.05) is 48.6 Å². The van der Waals surface area contributed by atoms with E-state index >= 15 is 0 Å². The molecule has 29 heavy (non-hydrogen) atoms. The van der Waals surface area contributed by atoms with Gasteiger partial charge in [0.2, 0.25) is 0 Å². The summed E-state index contributed by atoms with van der Waals surface area (Å²) in [4.78, 5) is 17.0. The zero-order valence-electron chi connectivity index (χ0n) is 16.9. The van der Waals surface area contributed by atoms with Crippen molar-refractivity contribution < 1.29 is 4.79 Å². The second-order valence-electron chi connectivity index (χ2n) is 8.01. The van der Waals surface area contributed by atoms with Crippen molar-refractivity contribution in [2.75, 3.05) is 43.4 Å². The van der Waals surface area contributed by atoms with Gasteiger partial charge in [-0.15, -0.1) is 0 Å². The summed E-state index contributed by atoms with van der Waals surface area (Å²) in [6.07, 6.45) is 3.13. The average Bonchev–Trinajstić information content (AvgIpc) is 3.24. The van der Waals surface area contributed by atoms with Gasteiger partial charge in [-0.1, -0.05) is 23.7 Å². The van der Waals surface area contributed by atoms with Crippen LogP contribution in [-0.4, -0.2) is 50.2 Å². The molecule has 1 atom stereocenters. The lowest BCUT2D eigenvalue weighted by Gasteiger charge is -2.32. The second-order valence-corrected chi connectivity index (χ2v) is 8.45. The SMILES string of the molecule is CN[C@@H]1CCN(c2ccc(NC(=O)N3CCC(c4ccc(Cl)cc4)CC3)cc2)C1. The Bertz CT molecular complexity index is 816. The minimum atomic E-state index is -0.0104. The first kappa shape index (κ1) is 20.0. The number of piperidine rings is 1. The molecule has 2 aliphatic heterocycles. The number of hydrogen-bond donors (Lipinski definition) is 2. The molecule has 2 heterocycles. The quantitative estimate of drug-likeness (QED) is 0.774. The summed E-state index contributed by atoms with van der Waals surface area (Å²) in [5.74, 6) is 0.498. The second kappa shape index (κ2) is 9.06. The number of benzene rings is 2. The van der Waals surface area contributed by atoms with Crippen LogP contribution in [0.25, 0.3) is 0 Å². The summed E-state index contributed by atoms with van der Waals surface area (Å²) >= 11 is 5.99. The van der Waals surface area contributed by atoms with Gasteiger partial charge >= 0.3 is 6.03 Å². The van der Waals surface area contributed by atoms with Gasteiger partial charge in [-0.25, -0.2) is 4.79 Å². The summed E-state index contributed by atoms with van der Waals surface area (Å²) in [6, 6.07) is 16.8. The normalized spacial score (nSPS) is 20.1. The standard InChI is InChI=1S/C23H29ClN4O/c1-25-21-12-15-28(16-21)22-8-6-20(7-9-22)26-23(29)27-13-10-18(11-14-27)17-2-4-19(24)5-3-17/h2-9,18,21,25H,10-16H2,1H3,(H,26,29)/t21-/m1/s1. The number of urea groups is 1. The summed E-state index contributed by atoms with van der Waals surface area (Å²) in [5.41, 5.74) is 3.37. The van der Waals surface area contributed by atoms with Crippen molar-refractivity contribution in [2.45, 2.75) is 31.2 Å². The van der Waals surface area contributed by atoms with Crippen LogP contribution >= 0.6 is 11.6 Å². The highest BCUT2D eigenvalue weighted by atomic mass is 35.5. The number of rotatable bonds is 4. The fourth-order valence-electron chi connectivity index (χ4n) is 4.34. The Balaban J connectivity index is 1.28. The number of anilines is 2. The van der Waals surface area contributed by atoms with Crippen molar-refractivity contribution >= 4 is 29.0 Å². The van der Waals surface area contributed by atoms with E-state index in [4.69, 9.17) is 11.6 Å². The van der Waals surface area contributed by atoms with Gasteiger partial charge in [-0.2, -0.15) is 0 Å². The largest absolute Gasteiger partial charge is 0.370 e. The van der Waals surface area contributed by atoms with Gasteiger partial charge in [0.1, 0.15) is 0 Å². The highest BCUT2D eigenvalue weighted by Gasteiger charge is 2.24. The van der Waals surface area contributed by atoms with Crippen molar-refractivity contribution in [1.82, 2.24) is 10.2 Å². The third kappa shape index (κ3) is 4.85. The molecule has 154 valence electrons. The van der Waals surface area contributed by atoms with E-state index in [0.717, 1.165) is 49.7 Å². The van der Waals surface area contributed by atoms with Crippen molar-refractivity contribution in [2.24, 2.45) is 0 Å². The molecular formula is C23H29ClN4O. The number of nitrogens with one attached hydrogen (secondary N) is 2. The molecule has 0 aliphatic carbocycles. The van der Waals surface area contributed by atoms with E-state index < -0.39 is 0 Å². The predicted octanol–water partition coefficient (Wildman–Crippen LogP) is 4.55. The zero-order valence-corrected chi connectivity index (χ0v) is 17.7. The van der Waals surface area contributed by atoms with Gasteiger partial charge in [0.05, 0.1) is 0 Å². The number of carbonyl (C=O) groups excluding carboxylic acids is 1. The molecule has 0 unspecified atom stereocenters. The fourth-order valence-corrected chi connectivity index (χ4v) is 4.47. The van der Waals surface area contributed by atoms with Crippen LogP contribution in [0.4, 0.5) is 16.2 Å². The van der Waals surface area contributed by atoms with E-state index in [-0.39, 0.29) is 6.03 Å². The van der Waals surface area contributed by atoms with Gasteiger partial charge in [0.25, 0.3) is 0 Å². The molecule has 2 saturated heterocycles. The van der Waals surface area contributed by atoms with Crippen molar-refractivity contribution in [1.29, 1.82) is 0 Å². The molecule has 2 fully saturated rings. The minimum Gasteiger partial charge on any atom is -0.370 e. The number of likely N-dealkylation sites (tertiary alicyclic amines) is 1. The molecule has 2 N–H and O–H groups in total. The molecule has 2 aliphatic rings. The van der Waals surface area contributed by atoms with E-state index in [1.54, 1.807) is 0 Å². The third-order valence-electron chi connectivity index (χ3n) is 6.20. The molecule has 2 aromatic rings. The number of halogens is 1. The highest BCUT2D eigenvalue weighted by molar-refractivity contribution is 6.30. The van der Waals surface area contributed by atoms with Gasteiger partial charge in [-0.3, -0.25) is 0 Å². The van der Waals surface area contributed by atoms with E-state index in [0.29, 0.717) is 12.0 Å². The van der Waals surface area contributed by atoms with Crippen LogP contribution in [0.15, 0.2) is 48.5 Å². The maximum absolute atomic E-state index is 12.7. The van der Waals surface area contributed by atoms with Crippen LogP contribution in [0.2, 0.25) is 5.02 Å². The minimum absolute atomic E-state index is 0.0104. The maximum atomic E-state index is 12.7. The lowest BCUT2D eigenvalue weighted by molar-refractivity contribution is 0.194. The van der Waals surface area contributed by atoms with Crippen LogP contribution in [0.5, 0.6) is 0 Å². The van der Waals surface area contributed by atoms with Crippen LogP contribution in [0.1, 0.15) is 30.7 Å². The van der Waals surface area contributed by atoms with Crippen molar-refractivity contribution in [3.8, 4) is 0 Å². The lowest BCUT2D eigenvalue weighted by Crippen LogP contribution is -2.40. The fraction of sp³-hybridized carbons (Fsp3) is 0.435. The van der Waals surface area contributed by atoms with Gasteiger partial charge < -0.3 is 20.4 Å². The molecule has 5 nitrogen and oxygen atoms in total. The average molecular weight is 413 g/mol. The van der Waals surface area contributed by atoms with E-state index in [1.165, 1.54) is 17.7 Å². The molecule has 6 heteroatoms. The molecule has 2 aromatic carbocycles. The van der Waals surface area contributed by atoms with Crippen LogP contribution < -0.4 is 15.5 Å². The van der Waals surface area contributed by atoms with Crippen molar-refractivity contribution in [3.05, 3.63) is 59.1 Å². The number of likely N-dealkylation sites (N-methyl/N-ethyl adjacent to an activating group) is 1. The molecule has 0 aromatic heterocycles. The smallest absolute Gasteiger partial charge is 0.321 e. The summed E-state index contributed by atoms with van der Waals surface area (Å²) < 4.78 is 0. The first-order valence-electron chi connectivity index (χ1n) is 10.5. The molecule has 2 amide bonds. The Morgan fingerprint density at radius 2 is 1.66 bits per heavy atom. The molecule has 0 bridgehead atoms. The zero-order chi connectivity index (χ0) is 20.2. The molecule has 0 saturated carbocycles. The van der Waals surface area contributed by atoms with Gasteiger partial charge in [-0.05, 0) is 74.2 Å². The Hall–Kier alpha value is -2.24. The monoisotopic (exact) mass is 412 g/mol. The third-order valence-corrected chi connectivity index (χ3v) is 6.46. The summed E-state index contributed by atoms with van der Waals surface area (Å²) in [7, 11) is 2.02. The highest BCUT2D eigenvalue weighted by Crippen LogP contribution is 2.29. The first-order valence-corrected chi connectivity index (χ1v) is 10.8. The van der Waals surface area contributed by atoms with Crippen LogP contribution in [0.3, 0.4) is 0 Å². The van der Waals surface area contributed by atoms with Crippen molar-refractivity contribution in [3.63, 3.8) is 0 Å². The number of carbonyl (C=O) groups is 1. The van der Waals surface area contributed by atoms with E-state index in [2.05, 4.69) is 39.8 Å². The Morgan fingerprint density at radius 3 is 2.28 bits per heavy atom. The first-order chi connectivity index (χ1) is 14.1. The number of amides is 2. The van der Waals surface area contributed by atoms with E-state index in [9.17, 15) is 4.79 Å². The number of hydrogen-bond acceptors (Lipinski definition) is 3. The summed E-state index contributed by atoms with van der Waals surface area (Å²) in [5, 5.41) is 7.16. The lowest BCUT2D eigenvalue weighted by atomic mass is 9.89. The Labute approximate surface area is 178 Å². The molecule has 0 radical (unpaired) electrons. The van der Waals surface area contributed by atoms with E-state index in [1.807, 2.05) is 36.2 Å². The molecule has 4 rings (SSSR count). The Kier molecular flexibility index (Phi) is 6.26. The van der Waals surface area contributed by atoms with Gasteiger partial charge in [0.15, 0.2) is 0 Å². The number of nitrogens with zero attached hydrogens (tertiary/aromatic N) is 2. The molecule has 0 spiro atoms. The van der Waals surface area contributed by atoms with Crippen LogP contribution in [0, 0.1) is 0 Å². The topological polar surface area (TPSA) is 47.6 Å². The Morgan fingerprint density at radius 1 is 0.966 bits per heavy atom. The maximum Gasteiger partial charge on any atom is 0.321 e. The predicted molar refractivity (Wildman–Crippen MR) is 120 cm³/mol. The van der Waals surface area contributed by atoms with Crippen LogP contribution in [-0.2, 0) is 0 Å². The molecular weight excluding hydrogens is 384 g/mol.